The van der Waals surface area contributed by atoms with Gasteiger partial charge in [0, 0.05) is 18.0 Å². The van der Waals surface area contributed by atoms with E-state index in [1.54, 1.807) is 35.2 Å². The van der Waals surface area contributed by atoms with Crippen molar-refractivity contribution in [2.45, 2.75) is 12.1 Å². The van der Waals surface area contributed by atoms with Gasteiger partial charge in [0.15, 0.2) is 6.61 Å². The van der Waals surface area contributed by atoms with Gasteiger partial charge in [0.25, 0.3) is 5.91 Å². The van der Waals surface area contributed by atoms with Crippen molar-refractivity contribution in [2.24, 2.45) is 0 Å². The Labute approximate surface area is 165 Å². The van der Waals surface area contributed by atoms with E-state index in [1.807, 2.05) is 5.32 Å². The Morgan fingerprint density at radius 3 is 2.62 bits per heavy atom. The molecule has 2 aliphatic heterocycles. The monoisotopic (exact) mass is 404 g/mol. The van der Waals surface area contributed by atoms with Crippen molar-refractivity contribution in [1.82, 2.24) is 15.5 Å². The Balaban J connectivity index is 1.56. The second-order valence-corrected chi connectivity index (χ2v) is 6.43. The van der Waals surface area contributed by atoms with Gasteiger partial charge in [-0.25, -0.2) is 4.79 Å². The fourth-order valence-electron chi connectivity index (χ4n) is 2.93. The second-order valence-electron chi connectivity index (χ2n) is 6.43. The lowest BCUT2D eigenvalue weighted by atomic mass is 10.0. The number of benzene rings is 1. The van der Waals surface area contributed by atoms with Crippen LogP contribution in [0.25, 0.3) is 6.08 Å². The summed E-state index contributed by atoms with van der Waals surface area (Å²) in [5.41, 5.74) is 0.680. The maximum atomic E-state index is 12.1. The number of hydrogen-bond acceptors (Lipinski definition) is 7. The van der Waals surface area contributed by atoms with E-state index in [0.29, 0.717) is 37.6 Å². The number of ether oxygens (including phenoxy) is 2. The zero-order valence-electron chi connectivity index (χ0n) is 15.4. The predicted molar refractivity (Wildman–Crippen MR) is 99.6 cm³/mol. The fraction of sp³-hybridized carbons (Fsp3) is 0.389. The number of carbonyl (C=O) groups is 3. The van der Waals surface area contributed by atoms with E-state index >= 15 is 0 Å². The molecule has 0 radical (unpaired) electrons. The maximum Gasteiger partial charge on any atom is 0.322 e. The minimum Gasteiger partial charge on any atom is -0.484 e. The molecular formula is C18H20N4O7. The number of nitrogens with one attached hydrogen (secondary N) is 2. The molecule has 0 aromatic heterocycles. The van der Waals surface area contributed by atoms with E-state index < -0.39 is 28.9 Å². The normalized spacial score (nSPS) is 22.1. The first-order chi connectivity index (χ1) is 13.9. The topological polar surface area (TPSA) is 140 Å². The quantitative estimate of drug-likeness (QED) is 0.494. The van der Waals surface area contributed by atoms with Gasteiger partial charge in [-0.15, -0.1) is 0 Å². The maximum absolute atomic E-state index is 12.1. The fourth-order valence-corrected chi connectivity index (χ4v) is 2.93. The van der Waals surface area contributed by atoms with Crippen molar-refractivity contribution in [3.63, 3.8) is 0 Å². The van der Waals surface area contributed by atoms with Crippen LogP contribution in [-0.2, 0) is 14.3 Å². The summed E-state index contributed by atoms with van der Waals surface area (Å²) >= 11 is 0. The molecular weight excluding hydrogens is 384 g/mol. The number of nitro groups is 1. The zero-order chi connectivity index (χ0) is 20.8. The van der Waals surface area contributed by atoms with Crippen LogP contribution >= 0.6 is 0 Å². The minimum absolute atomic E-state index is 0.0804. The minimum atomic E-state index is -1.60. The van der Waals surface area contributed by atoms with Gasteiger partial charge in [-0.2, -0.15) is 0 Å². The molecule has 3 rings (SSSR count). The summed E-state index contributed by atoms with van der Waals surface area (Å²) in [6.07, 6.45) is 2.95. The summed E-state index contributed by atoms with van der Waals surface area (Å²) in [6, 6.07) is 3.25. The molecule has 2 fully saturated rings. The van der Waals surface area contributed by atoms with Gasteiger partial charge >= 0.3 is 18.0 Å². The van der Waals surface area contributed by atoms with Crippen LogP contribution in [0.1, 0.15) is 5.56 Å². The molecule has 154 valence electrons. The number of rotatable bonds is 6. The van der Waals surface area contributed by atoms with Crippen LogP contribution in [0.15, 0.2) is 30.3 Å². The summed E-state index contributed by atoms with van der Waals surface area (Å²) in [7, 11) is 0. The Bertz CT molecular complexity index is 818. The molecule has 11 nitrogen and oxygen atoms in total. The summed E-state index contributed by atoms with van der Waals surface area (Å²) in [4.78, 5) is 47.1. The lowest BCUT2D eigenvalue weighted by Crippen LogP contribution is -2.62. The van der Waals surface area contributed by atoms with Gasteiger partial charge in [0.05, 0.1) is 13.2 Å². The van der Waals surface area contributed by atoms with Crippen molar-refractivity contribution >= 4 is 23.9 Å². The van der Waals surface area contributed by atoms with Crippen molar-refractivity contribution in [3.05, 3.63) is 46.0 Å². The van der Waals surface area contributed by atoms with Gasteiger partial charge in [-0.05, 0) is 17.7 Å². The molecule has 1 aromatic rings. The number of amides is 4. The van der Waals surface area contributed by atoms with E-state index in [4.69, 9.17) is 9.47 Å². The van der Waals surface area contributed by atoms with E-state index in [0.717, 1.165) is 0 Å². The zero-order valence-corrected chi connectivity index (χ0v) is 15.4. The molecule has 0 bridgehead atoms. The third-order valence-corrected chi connectivity index (χ3v) is 4.47. The largest absolute Gasteiger partial charge is 0.484 e. The van der Waals surface area contributed by atoms with Crippen LogP contribution in [0.3, 0.4) is 0 Å². The van der Waals surface area contributed by atoms with Crippen LogP contribution in [-0.4, -0.2) is 72.7 Å². The Morgan fingerprint density at radius 2 is 1.97 bits per heavy atom. The van der Waals surface area contributed by atoms with Crippen molar-refractivity contribution in [3.8, 4) is 5.75 Å². The summed E-state index contributed by atoms with van der Waals surface area (Å²) < 4.78 is 10.7. The highest BCUT2D eigenvalue weighted by atomic mass is 16.6. The highest BCUT2D eigenvalue weighted by molar-refractivity contribution is 6.00. The predicted octanol–water partition coefficient (Wildman–Crippen LogP) is -0.209. The second kappa shape index (κ2) is 9.15. The molecule has 2 atom stereocenters. The Morgan fingerprint density at radius 1 is 1.28 bits per heavy atom. The third kappa shape index (κ3) is 5.29. The molecule has 11 heteroatoms. The third-order valence-electron chi connectivity index (χ3n) is 4.47. The van der Waals surface area contributed by atoms with Crippen LogP contribution < -0.4 is 15.4 Å². The standard InChI is InChI=1S/C18H20N4O7/c23-15(21-7-9-28-10-8-21)11-29-13-4-1-12(2-5-13)3-6-14-16(22(26)27)17(24)20-18(25)19-14/h1-6,14,16H,7-11H2,(H2,19,20,24,25)/b6-3-. The lowest BCUT2D eigenvalue weighted by molar-refractivity contribution is -0.510. The van der Waals surface area contributed by atoms with Crippen LogP contribution in [0.4, 0.5) is 4.79 Å². The SMILES string of the molecule is O=C1NC(=O)C([N+](=O)[O-])C(/C=C\c2ccc(OCC(=O)N3CCOCC3)cc2)N1. The van der Waals surface area contributed by atoms with Gasteiger partial charge < -0.3 is 19.7 Å². The highest BCUT2D eigenvalue weighted by Gasteiger charge is 2.43. The number of morpholine rings is 1. The van der Waals surface area contributed by atoms with E-state index in [2.05, 4.69) is 5.32 Å². The molecule has 0 saturated carbocycles. The molecule has 2 saturated heterocycles. The van der Waals surface area contributed by atoms with Gasteiger partial charge in [-0.1, -0.05) is 24.3 Å². The number of hydrogen-bond donors (Lipinski definition) is 2. The van der Waals surface area contributed by atoms with Crippen molar-refractivity contribution < 1.29 is 28.8 Å². The van der Waals surface area contributed by atoms with E-state index in [1.165, 1.54) is 6.08 Å². The first kappa shape index (κ1) is 20.3. The molecule has 0 spiro atoms. The average molecular weight is 404 g/mol. The lowest BCUT2D eigenvalue weighted by Gasteiger charge is -2.26. The number of urea groups is 1. The van der Waals surface area contributed by atoms with Gasteiger partial charge in [-0.3, -0.25) is 25.0 Å². The number of nitrogens with zero attached hydrogens (tertiary/aromatic N) is 2. The molecule has 29 heavy (non-hydrogen) atoms. The first-order valence-electron chi connectivity index (χ1n) is 8.95. The first-order valence-corrected chi connectivity index (χ1v) is 8.95. The number of carbonyl (C=O) groups excluding carboxylic acids is 3. The summed E-state index contributed by atoms with van der Waals surface area (Å²) in [6.45, 7) is 2.06. The molecule has 2 heterocycles. The molecule has 2 unspecified atom stereocenters. The molecule has 2 N–H and O–H groups in total. The van der Waals surface area contributed by atoms with Crippen LogP contribution in [0, 0.1) is 10.1 Å². The van der Waals surface area contributed by atoms with Gasteiger partial charge in [0.1, 0.15) is 11.8 Å². The molecule has 0 aliphatic carbocycles. The van der Waals surface area contributed by atoms with Crippen molar-refractivity contribution in [2.75, 3.05) is 32.9 Å². The van der Waals surface area contributed by atoms with Crippen molar-refractivity contribution in [1.29, 1.82) is 0 Å². The van der Waals surface area contributed by atoms with Gasteiger partial charge in [0.2, 0.25) is 0 Å². The number of imide groups is 1. The summed E-state index contributed by atoms with van der Waals surface area (Å²) in [5.74, 6) is -0.575. The molecule has 1 aromatic carbocycles. The highest BCUT2D eigenvalue weighted by Crippen LogP contribution is 2.15. The Hall–Kier alpha value is -3.47. The van der Waals surface area contributed by atoms with Crippen LogP contribution in [0.5, 0.6) is 5.75 Å². The summed E-state index contributed by atoms with van der Waals surface area (Å²) in [5, 5.41) is 15.3. The van der Waals surface area contributed by atoms with E-state index in [9.17, 15) is 24.5 Å². The van der Waals surface area contributed by atoms with Crippen LogP contribution in [0.2, 0.25) is 0 Å². The molecule has 4 amide bonds. The Kier molecular flexibility index (Phi) is 6.39. The van der Waals surface area contributed by atoms with E-state index in [-0.39, 0.29) is 12.5 Å². The average Bonchev–Trinajstić information content (AvgIpc) is 2.71. The smallest absolute Gasteiger partial charge is 0.322 e. The molecule has 2 aliphatic rings.